The number of amides is 1. The predicted octanol–water partition coefficient (Wildman–Crippen LogP) is 3.83. The van der Waals surface area contributed by atoms with Crippen molar-refractivity contribution < 1.29 is 14.1 Å². The molecule has 2 aromatic heterocycles. The highest BCUT2D eigenvalue weighted by Gasteiger charge is 2.26. The van der Waals surface area contributed by atoms with Crippen LogP contribution >= 0.6 is 0 Å². The molecule has 2 aliphatic rings. The summed E-state index contributed by atoms with van der Waals surface area (Å²) in [6, 6.07) is 13.0. The van der Waals surface area contributed by atoms with Crippen LogP contribution in [0.25, 0.3) is 16.6 Å². The minimum absolute atomic E-state index is 0.116. The fourth-order valence-electron chi connectivity index (χ4n) is 4.95. The molecule has 1 amide bonds. The van der Waals surface area contributed by atoms with Gasteiger partial charge in [0.2, 0.25) is 5.43 Å². The van der Waals surface area contributed by atoms with Crippen molar-refractivity contribution >= 4 is 22.5 Å². The highest BCUT2D eigenvalue weighted by Crippen LogP contribution is 2.43. The van der Waals surface area contributed by atoms with Gasteiger partial charge in [0.1, 0.15) is 22.5 Å². The van der Waals surface area contributed by atoms with E-state index in [-0.39, 0.29) is 16.9 Å². The number of para-hydroxylation sites is 2. The number of rotatable bonds is 7. The molecular weight excluding hydrogens is 458 g/mol. The van der Waals surface area contributed by atoms with Crippen LogP contribution in [0.15, 0.2) is 58.0 Å². The number of hydrogen-bond donors (Lipinski definition) is 2. The van der Waals surface area contributed by atoms with Gasteiger partial charge >= 0.3 is 0 Å². The number of aromatic nitrogens is 2. The standard InChI is InChI=1S/C27H27N5O4/c1-17-14-18(30-36-17)15-29-21-9-8-19-24-26(21)35-23-7-3-2-6-22(23)32(24)16-20(25(19)33)27(34)28-10-13-31-11-4-5-12-31/h2-3,6-9,14,16,29H,4-5,10-13,15H2,1H3,(H,28,34). The van der Waals surface area contributed by atoms with Crippen molar-refractivity contribution in [3.63, 3.8) is 0 Å². The fraction of sp³-hybridized carbons (Fsp3) is 0.296. The second-order valence-electron chi connectivity index (χ2n) is 9.24. The molecule has 0 atom stereocenters. The molecular formula is C27H27N5O4. The van der Waals surface area contributed by atoms with Gasteiger partial charge in [-0.1, -0.05) is 17.3 Å². The number of carbonyl (C=O) groups is 1. The van der Waals surface area contributed by atoms with Gasteiger partial charge in [0.25, 0.3) is 5.91 Å². The number of benzene rings is 2. The first-order valence-electron chi connectivity index (χ1n) is 12.2. The molecule has 4 aromatic rings. The largest absolute Gasteiger partial charge is 0.451 e. The van der Waals surface area contributed by atoms with E-state index >= 15 is 0 Å². The lowest BCUT2D eigenvalue weighted by Gasteiger charge is -2.25. The summed E-state index contributed by atoms with van der Waals surface area (Å²) in [5.41, 5.74) is 2.66. The van der Waals surface area contributed by atoms with Crippen LogP contribution in [0.1, 0.15) is 34.7 Å². The van der Waals surface area contributed by atoms with E-state index in [1.807, 2.05) is 41.8 Å². The van der Waals surface area contributed by atoms with Gasteiger partial charge in [-0.3, -0.25) is 9.59 Å². The highest BCUT2D eigenvalue weighted by atomic mass is 16.5. The molecule has 2 aliphatic heterocycles. The lowest BCUT2D eigenvalue weighted by molar-refractivity contribution is 0.0948. The molecule has 2 N–H and O–H groups in total. The Balaban J connectivity index is 1.38. The van der Waals surface area contributed by atoms with Crippen molar-refractivity contribution in [3.8, 4) is 17.2 Å². The van der Waals surface area contributed by atoms with Crippen LogP contribution in [0, 0.1) is 6.92 Å². The molecule has 1 fully saturated rings. The second kappa shape index (κ2) is 9.16. The average Bonchev–Trinajstić information content (AvgIpc) is 3.56. The topological polar surface area (TPSA) is 102 Å². The monoisotopic (exact) mass is 485 g/mol. The third kappa shape index (κ3) is 4.01. The first kappa shape index (κ1) is 22.4. The van der Waals surface area contributed by atoms with Crippen LogP contribution in [0.5, 0.6) is 11.5 Å². The zero-order chi connectivity index (χ0) is 24.6. The smallest absolute Gasteiger partial charge is 0.256 e. The molecule has 9 heteroatoms. The summed E-state index contributed by atoms with van der Waals surface area (Å²) in [7, 11) is 0. The van der Waals surface area contributed by atoms with Crippen LogP contribution in [0.3, 0.4) is 0 Å². The molecule has 4 heterocycles. The summed E-state index contributed by atoms with van der Waals surface area (Å²) >= 11 is 0. The predicted molar refractivity (Wildman–Crippen MR) is 136 cm³/mol. The Morgan fingerprint density at radius 1 is 1.14 bits per heavy atom. The van der Waals surface area contributed by atoms with Crippen molar-refractivity contribution in [3.05, 3.63) is 75.9 Å². The second-order valence-corrected chi connectivity index (χ2v) is 9.24. The van der Waals surface area contributed by atoms with Gasteiger partial charge in [0.15, 0.2) is 11.5 Å². The molecule has 2 aromatic carbocycles. The van der Waals surface area contributed by atoms with Crippen LogP contribution < -0.4 is 20.8 Å². The molecule has 0 unspecified atom stereocenters. The minimum atomic E-state index is -0.362. The molecule has 0 saturated carbocycles. The van der Waals surface area contributed by atoms with Crippen molar-refractivity contribution in [1.29, 1.82) is 0 Å². The van der Waals surface area contributed by atoms with Crippen LogP contribution in [-0.4, -0.2) is 46.7 Å². The van der Waals surface area contributed by atoms with E-state index in [9.17, 15) is 9.59 Å². The lowest BCUT2D eigenvalue weighted by Crippen LogP contribution is -2.36. The number of ether oxygens (including phenoxy) is 1. The molecule has 0 aliphatic carbocycles. The highest BCUT2D eigenvalue weighted by molar-refractivity contribution is 6.01. The minimum Gasteiger partial charge on any atom is -0.451 e. The third-order valence-corrected chi connectivity index (χ3v) is 6.75. The molecule has 184 valence electrons. The van der Waals surface area contributed by atoms with E-state index in [0.29, 0.717) is 41.2 Å². The summed E-state index contributed by atoms with van der Waals surface area (Å²) in [6.07, 6.45) is 4.02. The SMILES string of the molecule is Cc1cc(CNc2ccc3c(=O)c(C(=O)NCCN4CCCC4)cn4c3c2Oc2ccccc2-4)no1. The van der Waals surface area contributed by atoms with Gasteiger partial charge in [-0.05, 0) is 57.1 Å². The van der Waals surface area contributed by atoms with E-state index in [0.717, 1.165) is 36.8 Å². The maximum absolute atomic E-state index is 13.5. The molecule has 6 rings (SSSR count). The summed E-state index contributed by atoms with van der Waals surface area (Å²) in [5, 5.41) is 10.7. The quantitative estimate of drug-likeness (QED) is 0.361. The van der Waals surface area contributed by atoms with Gasteiger partial charge in [-0.15, -0.1) is 0 Å². The van der Waals surface area contributed by atoms with Crippen LogP contribution in [0.2, 0.25) is 0 Å². The average molecular weight is 486 g/mol. The zero-order valence-corrected chi connectivity index (χ0v) is 20.0. The molecule has 36 heavy (non-hydrogen) atoms. The van der Waals surface area contributed by atoms with Crippen molar-refractivity contribution in [2.24, 2.45) is 0 Å². The van der Waals surface area contributed by atoms with Crippen LogP contribution in [0.4, 0.5) is 5.69 Å². The Bertz CT molecular complexity index is 1520. The summed E-state index contributed by atoms with van der Waals surface area (Å²) in [4.78, 5) is 28.9. The van der Waals surface area contributed by atoms with E-state index in [1.54, 1.807) is 18.3 Å². The number of hydrogen-bond acceptors (Lipinski definition) is 7. The lowest BCUT2D eigenvalue weighted by atomic mass is 10.1. The van der Waals surface area contributed by atoms with E-state index in [1.165, 1.54) is 12.8 Å². The first-order valence-corrected chi connectivity index (χ1v) is 12.2. The number of anilines is 1. The first-order chi connectivity index (χ1) is 17.6. The Labute approximate surface area is 207 Å². The number of nitrogens with zero attached hydrogens (tertiary/aromatic N) is 3. The maximum Gasteiger partial charge on any atom is 0.256 e. The molecule has 9 nitrogen and oxygen atoms in total. The molecule has 0 radical (unpaired) electrons. The van der Waals surface area contributed by atoms with Gasteiger partial charge in [-0.25, -0.2) is 0 Å². The Morgan fingerprint density at radius 2 is 1.97 bits per heavy atom. The number of likely N-dealkylation sites (tertiary alicyclic amines) is 1. The zero-order valence-electron chi connectivity index (χ0n) is 20.0. The Morgan fingerprint density at radius 3 is 2.78 bits per heavy atom. The number of carbonyl (C=O) groups excluding carboxylic acids is 1. The maximum atomic E-state index is 13.5. The van der Waals surface area contributed by atoms with Crippen molar-refractivity contribution in [2.45, 2.75) is 26.3 Å². The van der Waals surface area contributed by atoms with Gasteiger partial charge in [0, 0.05) is 25.4 Å². The van der Waals surface area contributed by atoms with E-state index in [4.69, 9.17) is 9.26 Å². The Kier molecular flexibility index (Phi) is 5.69. The summed E-state index contributed by atoms with van der Waals surface area (Å²) in [5.74, 6) is 1.54. The molecule has 1 saturated heterocycles. The van der Waals surface area contributed by atoms with E-state index < -0.39 is 0 Å². The number of aryl methyl sites for hydroxylation is 1. The Hall–Kier alpha value is -4.11. The molecule has 0 spiro atoms. The molecule has 0 bridgehead atoms. The third-order valence-electron chi connectivity index (χ3n) is 6.75. The van der Waals surface area contributed by atoms with Gasteiger partial charge in [0.05, 0.1) is 23.3 Å². The number of nitrogens with one attached hydrogen (secondary N) is 2. The van der Waals surface area contributed by atoms with Crippen molar-refractivity contribution in [1.82, 2.24) is 19.9 Å². The van der Waals surface area contributed by atoms with Gasteiger partial charge in [-0.2, -0.15) is 0 Å². The van der Waals surface area contributed by atoms with Crippen LogP contribution in [-0.2, 0) is 6.54 Å². The van der Waals surface area contributed by atoms with E-state index in [2.05, 4.69) is 20.7 Å². The van der Waals surface area contributed by atoms with Crippen molar-refractivity contribution in [2.75, 3.05) is 31.5 Å². The summed E-state index contributed by atoms with van der Waals surface area (Å²) < 4.78 is 13.3. The normalized spacial score (nSPS) is 14.5. The summed E-state index contributed by atoms with van der Waals surface area (Å²) in [6.45, 7) is 5.69. The number of pyridine rings is 1. The number of fused-ring (bicyclic) bond motifs is 2. The van der Waals surface area contributed by atoms with Gasteiger partial charge < -0.3 is 29.4 Å². The fourth-order valence-corrected chi connectivity index (χ4v) is 4.95.